The van der Waals surface area contributed by atoms with E-state index in [-0.39, 0.29) is 11.5 Å². The summed E-state index contributed by atoms with van der Waals surface area (Å²) < 4.78 is 6.17. The molecule has 0 unspecified atom stereocenters. The largest absolute Gasteiger partial charge is 0.496 e. The maximum atomic E-state index is 12.6. The third-order valence-electron chi connectivity index (χ3n) is 3.72. The number of nitrogens with one attached hydrogen (secondary N) is 1. The van der Waals surface area contributed by atoms with Gasteiger partial charge in [-0.2, -0.15) is 0 Å². The Bertz CT molecular complexity index is 844. The molecule has 24 heavy (non-hydrogen) atoms. The molecule has 0 bridgehead atoms. The van der Waals surface area contributed by atoms with Crippen molar-refractivity contribution < 1.29 is 14.3 Å². The summed E-state index contributed by atoms with van der Waals surface area (Å²) in [5, 5.41) is 1.24. The molecular weight excluding hydrogens is 372 g/mol. The average molecular weight is 387 g/mol. The van der Waals surface area contributed by atoms with E-state index >= 15 is 0 Å². The SMILES string of the molecule is COc1cc(C=C2C(=O)NN(c3ccc(Br)cc3)C2=O)ccc1C. The molecule has 0 spiro atoms. The van der Waals surface area contributed by atoms with Gasteiger partial charge in [0.2, 0.25) is 0 Å². The van der Waals surface area contributed by atoms with Crippen molar-refractivity contribution in [1.82, 2.24) is 5.43 Å². The fourth-order valence-corrected chi connectivity index (χ4v) is 2.69. The van der Waals surface area contributed by atoms with Gasteiger partial charge in [-0.25, -0.2) is 5.01 Å². The van der Waals surface area contributed by atoms with E-state index in [1.54, 1.807) is 43.5 Å². The Morgan fingerprint density at radius 2 is 1.83 bits per heavy atom. The number of ether oxygens (including phenoxy) is 1. The van der Waals surface area contributed by atoms with E-state index < -0.39 is 5.91 Å². The van der Waals surface area contributed by atoms with Crippen LogP contribution in [0.5, 0.6) is 5.75 Å². The molecule has 1 aliphatic rings. The summed E-state index contributed by atoms with van der Waals surface area (Å²) in [4.78, 5) is 24.7. The van der Waals surface area contributed by atoms with Gasteiger partial charge in [0, 0.05) is 4.47 Å². The first-order chi connectivity index (χ1) is 11.5. The smallest absolute Gasteiger partial charge is 0.282 e. The quantitative estimate of drug-likeness (QED) is 0.650. The third kappa shape index (κ3) is 3.05. The molecule has 1 fully saturated rings. The second-order valence-corrected chi connectivity index (χ2v) is 6.26. The van der Waals surface area contributed by atoms with Gasteiger partial charge in [0.1, 0.15) is 11.3 Å². The van der Waals surface area contributed by atoms with Gasteiger partial charge in [-0.15, -0.1) is 0 Å². The molecule has 1 aliphatic heterocycles. The lowest BCUT2D eigenvalue weighted by Gasteiger charge is -2.14. The van der Waals surface area contributed by atoms with Crippen molar-refractivity contribution in [2.75, 3.05) is 12.1 Å². The van der Waals surface area contributed by atoms with E-state index in [9.17, 15) is 9.59 Å². The fraction of sp³-hybridized carbons (Fsp3) is 0.111. The minimum atomic E-state index is -0.428. The molecule has 1 heterocycles. The Kier molecular flexibility index (Phi) is 4.40. The highest BCUT2D eigenvalue weighted by Crippen LogP contribution is 2.25. The summed E-state index contributed by atoms with van der Waals surface area (Å²) in [6.45, 7) is 1.93. The van der Waals surface area contributed by atoms with Gasteiger partial charge in [-0.1, -0.05) is 28.1 Å². The summed E-state index contributed by atoms with van der Waals surface area (Å²) >= 11 is 3.34. The molecule has 2 aromatic rings. The lowest BCUT2D eigenvalue weighted by Crippen LogP contribution is -2.35. The first-order valence-corrected chi connectivity index (χ1v) is 8.06. The van der Waals surface area contributed by atoms with Crippen LogP contribution in [0.15, 0.2) is 52.5 Å². The van der Waals surface area contributed by atoms with E-state index in [1.807, 2.05) is 19.1 Å². The molecule has 0 radical (unpaired) electrons. The number of aryl methyl sites for hydroxylation is 1. The predicted octanol–water partition coefficient (Wildman–Crippen LogP) is 3.23. The van der Waals surface area contributed by atoms with Crippen molar-refractivity contribution in [2.24, 2.45) is 0 Å². The molecule has 6 heteroatoms. The van der Waals surface area contributed by atoms with Crippen LogP contribution < -0.4 is 15.2 Å². The highest BCUT2D eigenvalue weighted by molar-refractivity contribution is 9.10. The number of rotatable bonds is 3. The minimum Gasteiger partial charge on any atom is -0.496 e. The van der Waals surface area contributed by atoms with Crippen LogP contribution in [0.4, 0.5) is 5.69 Å². The average Bonchev–Trinajstić information content (AvgIpc) is 2.85. The van der Waals surface area contributed by atoms with Crippen molar-refractivity contribution in [2.45, 2.75) is 6.92 Å². The summed E-state index contributed by atoms with van der Waals surface area (Å²) in [6.07, 6.45) is 1.57. The molecule has 0 saturated carbocycles. The van der Waals surface area contributed by atoms with Gasteiger partial charge in [0.15, 0.2) is 0 Å². The number of hydrogen-bond acceptors (Lipinski definition) is 3. The van der Waals surface area contributed by atoms with Crippen molar-refractivity contribution >= 4 is 39.5 Å². The van der Waals surface area contributed by atoms with Gasteiger partial charge in [-0.05, 0) is 54.5 Å². The Morgan fingerprint density at radius 1 is 1.12 bits per heavy atom. The highest BCUT2D eigenvalue weighted by atomic mass is 79.9. The predicted molar refractivity (Wildman–Crippen MR) is 95.5 cm³/mol. The number of hydrogen-bond donors (Lipinski definition) is 1. The van der Waals surface area contributed by atoms with Crippen LogP contribution in [-0.2, 0) is 9.59 Å². The zero-order chi connectivity index (χ0) is 17.3. The number of nitrogens with zero attached hydrogens (tertiary/aromatic N) is 1. The highest BCUT2D eigenvalue weighted by Gasteiger charge is 2.34. The summed E-state index contributed by atoms with van der Waals surface area (Å²) in [5.74, 6) is -0.107. The van der Waals surface area contributed by atoms with Crippen LogP contribution in [0.1, 0.15) is 11.1 Å². The molecule has 2 amide bonds. The van der Waals surface area contributed by atoms with Crippen LogP contribution >= 0.6 is 15.9 Å². The number of anilines is 1. The Hall–Kier alpha value is -2.60. The van der Waals surface area contributed by atoms with Crippen LogP contribution in [0.25, 0.3) is 6.08 Å². The fourth-order valence-electron chi connectivity index (χ4n) is 2.42. The van der Waals surface area contributed by atoms with E-state index in [0.717, 1.165) is 15.6 Å². The summed E-state index contributed by atoms with van der Waals surface area (Å²) in [6, 6.07) is 12.6. The maximum absolute atomic E-state index is 12.6. The number of halogens is 1. The molecular formula is C18H15BrN2O3. The number of methoxy groups -OCH3 is 1. The van der Waals surface area contributed by atoms with Crippen molar-refractivity contribution in [3.05, 3.63) is 63.6 Å². The Morgan fingerprint density at radius 3 is 2.50 bits per heavy atom. The van der Waals surface area contributed by atoms with Crippen LogP contribution in [0, 0.1) is 6.92 Å². The molecule has 2 aromatic carbocycles. The van der Waals surface area contributed by atoms with Gasteiger partial charge in [-0.3, -0.25) is 15.0 Å². The maximum Gasteiger partial charge on any atom is 0.282 e. The first kappa shape index (κ1) is 16.3. The number of benzene rings is 2. The van der Waals surface area contributed by atoms with Crippen LogP contribution in [0.2, 0.25) is 0 Å². The van der Waals surface area contributed by atoms with Crippen molar-refractivity contribution in [3.8, 4) is 5.75 Å². The monoisotopic (exact) mass is 386 g/mol. The summed E-state index contributed by atoms with van der Waals surface area (Å²) in [5.41, 5.74) is 4.98. The van der Waals surface area contributed by atoms with Crippen molar-refractivity contribution in [3.63, 3.8) is 0 Å². The van der Waals surface area contributed by atoms with E-state index in [2.05, 4.69) is 21.4 Å². The molecule has 0 aliphatic carbocycles. The molecule has 3 rings (SSSR count). The number of hydrazine groups is 1. The first-order valence-electron chi connectivity index (χ1n) is 7.27. The van der Waals surface area contributed by atoms with Gasteiger partial charge < -0.3 is 4.74 Å². The van der Waals surface area contributed by atoms with Crippen molar-refractivity contribution in [1.29, 1.82) is 0 Å². The number of amides is 2. The zero-order valence-electron chi connectivity index (χ0n) is 13.2. The number of carbonyl (C=O) groups is 2. The topological polar surface area (TPSA) is 58.6 Å². The van der Waals surface area contributed by atoms with Crippen LogP contribution in [-0.4, -0.2) is 18.9 Å². The van der Waals surface area contributed by atoms with Gasteiger partial charge >= 0.3 is 0 Å². The molecule has 1 saturated heterocycles. The molecule has 0 atom stereocenters. The Labute approximate surface area is 148 Å². The van der Waals surface area contributed by atoms with E-state index in [1.165, 1.54) is 5.01 Å². The standard InChI is InChI=1S/C18H15BrN2O3/c1-11-3-4-12(10-16(11)24-2)9-15-17(22)20-21(18(15)23)14-7-5-13(19)6-8-14/h3-10H,1-2H3,(H,20,22). The van der Waals surface area contributed by atoms with E-state index in [4.69, 9.17) is 4.74 Å². The lowest BCUT2D eigenvalue weighted by molar-refractivity contribution is -0.117. The van der Waals surface area contributed by atoms with E-state index in [0.29, 0.717) is 11.4 Å². The van der Waals surface area contributed by atoms with Gasteiger partial charge in [0.25, 0.3) is 11.8 Å². The molecule has 0 aromatic heterocycles. The zero-order valence-corrected chi connectivity index (χ0v) is 14.8. The third-order valence-corrected chi connectivity index (χ3v) is 4.25. The molecule has 5 nitrogen and oxygen atoms in total. The lowest BCUT2D eigenvalue weighted by atomic mass is 10.1. The normalized spacial score (nSPS) is 15.8. The second-order valence-electron chi connectivity index (χ2n) is 5.34. The number of carbonyl (C=O) groups excluding carboxylic acids is 2. The Balaban J connectivity index is 1.93. The van der Waals surface area contributed by atoms with Gasteiger partial charge in [0.05, 0.1) is 12.8 Å². The molecule has 122 valence electrons. The minimum absolute atomic E-state index is 0.0869. The second kappa shape index (κ2) is 6.49. The summed E-state index contributed by atoms with van der Waals surface area (Å²) in [7, 11) is 1.59. The van der Waals surface area contributed by atoms with Crippen LogP contribution in [0.3, 0.4) is 0 Å². The molecule has 1 N–H and O–H groups in total.